The predicted octanol–water partition coefficient (Wildman–Crippen LogP) is 3.22. The summed E-state index contributed by atoms with van der Waals surface area (Å²) in [6, 6.07) is 0. The molecule has 0 aromatic heterocycles. The first-order valence-electron chi connectivity index (χ1n) is 11.5. The molecule has 1 N–H and O–H groups in total. The Morgan fingerprint density at radius 1 is 0.517 bits per heavy atom. The normalized spacial score (nSPS) is 12.5. The first-order valence-corrected chi connectivity index (χ1v) is 11.5. The van der Waals surface area contributed by atoms with Crippen molar-refractivity contribution in [1.29, 1.82) is 0 Å². The number of aliphatic hydroxyl groups is 1. The van der Waals surface area contributed by atoms with Crippen LogP contribution < -0.4 is 0 Å². The third-order valence-electron chi connectivity index (χ3n) is 4.31. The zero-order valence-electron chi connectivity index (χ0n) is 18.9. The van der Waals surface area contributed by atoms with Crippen molar-refractivity contribution in [1.82, 2.24) is 0 Å². The number of rotatable bonds is 25. The molecular formula is C22H46O7. The Kier molecular flexibility index (Phi) is 25.5. The number of unbranched alkanes of at least 4 members (excludes halogenated alkanes) is 3. The van der Waals surface area contributed by atoms with Crippen molar-refractivity contribution in [2.75, 3.05) is 79.3 Å². The molecule has 0 aromatic carbocycles. The van der Waals surface area contributed by atoms with E-state index in [4.69, 9.17) is 33.5 Å². The Balaban J connectivity index is 3.28. The maximum absolute atomic E-state index is 8.55. The van der Waals surface area contributed by atoms with E-state index in [0.29, 0.717) is 78.8 Å². The van der Waals surface area contributed by atoms with Crippen LogP contribution in [0.1, 0.15) is 58.8 Å². The molecule has 0 radical (unpaired) electrons. The lowest BCUT2D eigenvalue weighted by molar-refractivity contribution is -0.0287. The maximum atomic E-state index is 8.55. The maximum Gasteiger partial charge on any atom is 0.0704 e. The average Bonchev–Trinajstić information content (AvgIpc) is 2.73. The Hall–Kier alpha value is -0.280. The summed E-state index contributed by atoms with van der Waals surface area (Å²) in [6.07, 6.45) is 8.96. The number of hydrogen-bond acceptors (Lipinski definition) is 7. The molecule has 0 amide bonds. The molecule has 0 fully saturated rings. The highest BCUT2D eigenvalue weighted by Crippen LogP contribution is 2.13. The number of ether oxygens (including phenoxy) is 6. The zero-order chi connectivity index (χ0) is 21.3. The molecule has 0 spiro atoms. The Morgan fingerprint density at radius 3 is 1.38 bits per heavy atom. The van der Waals surface area contributed by atoms with Gasteiger partial charge in [-0.25, -0.2) is 0 Å². The smallest absolute Gasteiger partial charge is 0.0704 e. The Bertz CT molecular complexity index is 292. The van der Waals surface area contributed by atoms with Crippen molar-refractivity contribution in [3.8, 4) is 0 Å². The second kappa shape index (κ2) is 25.8. The van der Waals surface area contributed by atoms with Crippen LogP contribution in [0.25, 0.3) is 0 Å². The van der Waals surface area contributed by atoms with Crippen LogP contribution >= 0.6 is 0 Å². The van der Waals surface area contributed by atoms with Gasteiger partial charge in [0.1, 0.15) is 0 Å². The molecule has 7 nitrogen and oxygen atoms in total. The van der Waals surface area contributed by atoms with Crippen molar-refractivity contribution in [2.45, 2.75) is 64.9 Å². The minimum absolute atomic E-state index is 0.0422. The minimum atomic E-state index is 0.0422. The van der Waals surface area contributed by atoms with Crippen LogP contribution in [0.4, 0.5) is 0 Å². The summed E-state index contributed by atoms with van der Waals surface area (Å²) in [4.78, 5) is 0. The molecule has 0 aliphatic carbocycles. The van der Waals surface area contributed by atoms with E-state index in [1.54, 1.807) is 0 Å². The van der Waals surface area contributed by atoms with Gasteiger partial charge in [-0.15, -0.1) is 0 Å². The molecule has 29 heavy (non-hydrogen) atoms. The van der Waals surface area contributed by atoms with Crippen LogP contribution in [0.3, 0.4) is 0 Å². The molecule has 0 rings (SSSR count). The van der Waals surface area contributed by atoms with E-state index in [1.165, 1.54) is 38.5 Å². The highest BCUT2D eigenvalue weighted by molar-refractivity contribution is 4.59. The zero-order valence-corrected chi connectivity index (χ0v) is 18.9. The SMILES string of the molecule is CCCCCC(CCCC)OCCOCCOCCOCCOCCOCCO. The monoisotopic (exact) mass is 422 g/mol. The molecule has 0 aromatic rings. The summed E-state index contributed by atoms with van der Waals surface area (Å²) in [5.74, 6) is 0. The quantitative estimate of drug-likeness (QED) is 0.226. The van der Waals surface area contributed by atoms with E-state index in [2.05, 4.69) is 13.8 Å². The fourth-order valence-corrected chi connectivity index (χ4v) is 2.68. The summed E-state index contributed by atoms with van der Waals surface area (Å²) < 4.78 is 32.9. The highest BCUT2D eigenvalue weighted by Gasteiger charge is 2.08. The molecule has 7 heteroatoms. The van der Waals surface area contributed by atoms with E-state index >= 15 is 0 Å². The van der Waals surface area contributed by atoms with Crippen LogP contribution in [-0.2, 0) is 28.4 Å². The molecule has 0 aliphatic rings. The lowest BCUT2D eigenvalue weighted by atomic mass is 10.1. The topological polar surface area (TPSA) is 75.6 Å². The molecular weight excluding hydrogens is 376 g/mol. The third kappa shape index (κ3) is 23.9. The summed E-state index contributed by atoms with van der Waals surface area (Å²) >= 11 is 0. The van der Waals surface area contributed by atoms with Gasteiger partial charge in [-0.1, -0.05) is 46.0 Å². The molecule has 0 saturated heterocycles. The number of hydrogen-bond donors (Lipinski definition) is 1. The van der Waals surface area contributed by atoms with Gasteiger partial charge in [0, 0.05) is 0 Å². The van der Waals surface area contributed by atoms with E-state index in [0.717, 1.165) is 6.42 Å². The third-order valence-corrected chi connectivity index (χ3v) is 4.31. The summed E-state index contributed by atoms with van der Waals surface area (Å²) in [6.45, 7) is 10.5. The first-order chi connectivity index (χ1) is 14.3. The van der Waals surface area contributed by atoms with Crippen LogP contribution in [0, 0.1) is 0 Å². The van der Waals surface area contributed by atoms with Crippen LogP contribution in [0.5, 0.6) is 0 Å². The first kappa shape index (κ1) is 28.7. The molecule has 1 atom stereocenters. The van der Waals surface area contributed by atoms with Crippen molar-refractivity contribution in [3.63, 3.8) is 0 Å². The molecule has 0 bridgehead atoms. The second-order valence-corrected chi connectivity index (χ2v) is 6.92. The minimum Gasteiger partial charge on any atom is -0.394 e. The van der Waals surface area contributed by atoms with Crippen molar-refractivity contribution in [2.24, 2.45) is 0 Å². The molecule has 1 unspecified atom stereocenters. The fraction of sp³-hybridized carbons (Fsp3) is 1.00. The lowest BCUT2D eigenvalue weighted by Gasteiger charge is -2.17. The molecule has 0 saturated carbocycles. The van der Waals surface area contributed by atoms with Crippen LogP contribution in [0.2, 0.25) is 0 Å². The second-order valence-electron chi connectivity index (χ2n) is 6.92. The van der Waals surface area contributed by atoms with Crippen molar-refractivity contribution >= 4 is 0 Å². The summed E-state index contributed by atoms with van der Waals surface area (Å²) in [5.41, 5.74) is 0. The predicted molar refractivity (Wildman–Crippen MR) is 115 cm³/mol. The highest BCUT2D eigenvalue weighted by atomic mass is 16.6. The fourth-order valence-electron chi connectivity index (χ4n) is 2.68. The van der Waals surface area contributed by atoms with Gasteiger partial charge < -0.3 is 33.5 Å². The summed E-state index contributed by atoms with van der Waals surface area (Å²) in [7, 11) is 0. The van der Waals surface area contributed by atoms with Crippen molar-refractivity contribution in [3.05, 3.63) is 0 Å². The molecule has 0 aliphatic heterocycles. The van der Waals surface area contributed by atoms with Gasteiger partial charge >= 0.3 is 0 Å². The van der Waals surface area contributed by atoms with Gasteiger partial charge in [0.05, 0.1) is 85.4 Å². The average molecular weight is 423 g/mol. The van der Waals surface area contributed by atoms with E-state index in [-0.39, 0.29) is 6.61 Å². The van der Waals surface area contributed by atoms with Gasteiger partial charge in [0.15, 0.2) is 0 Å². The van der Waals surface area contributed by atoms with Gasteiger partial charge in [0.2, 0.25) is 0 Å². The van der Waals surface area contributed by atoms with E-state index in [9.17, 15) is 0 Å². The van der Waals surface area contributed by atoms with Gasteiger partial charge in [-0.05, 0) is 12.8 Å². The summed E-state index contributed by atoms with van der Waals surface area (Å²) in [5, 5.41) is 8.55. The molecule has 176 valence electrons. The lowest BCUT2D eigenvalue weighted by Crippen LogP contribution is -2.18. The van der Waals surface area contributed by atoms with Gasteiger partial charge in [0.25, 0.3) is 0 Å². The molecule has 0 heterocycles. The van der Waals surface area contributed by atoms with Crippen LogP contribution in [-0.4, -0.2) is 90.5 Å². The number of aliphatic hydroxyl groups excluding tert-OH is 1. The van der Waals surface area contributed by atoms with E-state index < -0.39 is 0 Å². The van der Waals surface area contributed by atoms with E-state index in [1.807, 2.05) is 0 Å². The van der Waals surface area contributed by atoms with Gasteiger partial charge in [-0.3, -0.25) is 0 Å². The standard InChI is InChI=1S/C22H46O7/c1-3-5-7-9-22(8-6-4-2)29-21-20-28-19-18-27-17-16-26-15-14-25-13-12-24-11-10-23/h22-23H,3-21H2,1-2H3. The van der Waals surface area contributed by atoms with Gasteiger partial charge in [-0.2, -0.15) is 0 Å². The Morgan fingerprint density at radius 2 is 0.931 bits per heavy atom. The Labute approximate surface area is 178 Å². The largest absolute Gasteiger partial charge is 0.394 e. The van der Waals surface area contributed by atoms with Crippen LogP contribution in [0.15, 0.2) is 0 Å². The van der Waals surface area contributed by atoms with Crippen molar-refractivity contribution < 1.29 is 33.5 Å².